The maximum absolute atomic E-state index is 11.1. The summed E-state index contributed by atoms with van der Waals surface area (Å²) in [6.07, 6.45) is -0.986. The molecular formula is C18H18N2O4S. The predicted octanol–water partition coefficient (Wildman–Crippen LogP) is 2.64. The Balaban J connectivity index is 2.19. The minimum atomic E-state index is -4.83. The Hall–Kier alpha value is -2.48. The van der Waals surface area contributed by atoms with Crippen LogP contribution in [0.3, 0.4) is 0 Å². The molecule has 0 saturated carbocycles. The summed E-state index contributed by atoms with van der Waals surface area (Å²) in [6, 6.07) is 21.2. The van der Waals surface area contributed by atoms with Crippen molar-refractivity contribution in [3.05, 3.63) is 66.7 Å². The number of nitrogens with zero attached hydrogens (tertiary/aromatic N) is 2. The van der Waals surface area contributed by atoms with Gasteiger partial charge >= 0.3 is 0 Å². The molecule has 1 heterocycles. The Morgan fingerprint density at radius 3 is 2.04 bits per heavy atom. The van der Waals surface area contributed by atoms with Gasteiger partial charge in [-0.3, -0.25) is 0 Å². The molecule has 3 rings (SSSR count). The zero-order valence-electron chi connectivity index (χ0n) is 13.9. The molecule has 1 unspecified atom stereocenters. The smallest absolute Gasteiger partial charge is 0.239 e. The molecule has 0 aliphatic carbocycles. The second-order valence-electron chi connectivity index (χ2n) is 5.62. The first-order valence-corrected chi connectivity index (χ1v) is 9.06. The summed E-state index contributed by atoms with van der Waals surface area (Å²) < 4.78 is 41.3. The van der Waals surface area contributed by atoms with Gasteiger partial charge in [0.25, 0.3) is 0 Å². The van der Waals surface area contributed by atoms with Crippen LogP contribution in [0.1, 0.15) is 13.2 Å². The Morgan fingerprint density at radius 1 is 1.00 bits per heavy atom. The van der Waals surface area contributed by atoms with Gasteiger partial charge in [0.1, 0.15) is 5.69 Å². The predicted molar refractivity (Wildman–Crippen MR) is 92.0 cm³/mol. The van der Waals surface area contributed by atoms with E-state index in [0.29, 0.717) is 0 Å². The number of rotatable bonds is 5. The van der Waals surface area contributed by atoms with Crippen molar-refractivity contribution in [3.63, 3.8) is 0 Å². The summed E-state index contributed by atoms with van der Waals surface area (Å²) in [5, 5.41) is 0. The normalized spacial score (nSPS) is 12.9. The lowest BCUT2D eigenvalue weighted by Crippen LogP contribution is -2.43. The van der Waals surface area contributed by atoms with Gasteiger partial charge in [0.2, 0.25) is 22.3 Å². The molecule has 3 aromatic rings. The molecule has 0 aliphatic heterocycles. The first kappa shape index (κ1) is 17.3. The third kappa shape index (κ3) is 3.79. The molecule has 0 N–H and O–H groups in total. The highest BCUT2D eigenvalue weighted by atomic mass is 32.3. The lowest BCUT2D eigenvalue weighted by atomic mass is 10.1. The molecule has 0 radical (unpaired) electrons. The highest BCUT2D eigenvalue weighted by Gasteiger charge is 2.27. The van der Waals surface area contributed by atoms with E-state index in [1.807, 2.05) is 66.7 Å². The monoisotopic (exact) mass is 358 g/mol. The fourth-order valence-electron chi connectivity index (χ4n) is 2.92. The van der Waals surface area contributed by atoms with Crippen LogP contribution in [0.5, 0.6) is 0 Å². The zero-order chi connectivity index (χ0) is 18.0. The third-order valence-corrected chi connectivity index (χ3v) is 4.45. The third-order valence-electron chi connectivity index (χ3n) is 3.93. The molecule has 0 amide bonds. The topological polar surface area (TPSA) is 75.2 Å². The average molecular weight is 358 g/mol. The Bertz CT molecular complexity index is 967. The number of hydrogen-bond acceptors (Lipinski definition) is 4. The highest BCUT2D eigenvalue weighted by Crippen LogP contribution is 2.27. The molecule has 25 heavy (non-hydrogen) atoms. The molecule has 0 spiro atoms. The van der Waals surface area contributed by atoms with E-state index in [9.17, 15) is 13.0 Å². The second kappa shape index (κ2) is 6.79. The fraction of sp³-hybridized carbons (Fsp3) is 0.167. The van der Waals surface area contributed by atoms with Gasteiger partial charge in [-0.25, -0.2) is 12.6 Å². The average Bonchev–Trinajstić information content (AvgIpc) is 2.92. The quantitative estimate of drug-likeness (QED) is 0.399. The number of aromatic nitrogens is 2. The van der Waals surface area contributed by atoms with Crippen molar-refractivity contribution in [2.75, 3.05) is 0 Å². The summed E-state index contributed by atoms with van der Waals surface area (Å²) in [7, 11) is -3.03. The maximum atomic E-state index is 11.1. The summed E-state index contributed by atoms with van der Waals surface area (Å²) in [6.45, 7) is 1.52. The molecule has 1 atom stereocenters. The van der Waals surface area contributed by atoms with E-state index in [2.05, 4.69) is 4.18 Å². The van der Waals surface area contributed by atoms with Crippen LogP contribution in [-0.4, -0.2) is 17.7 Å². The Morgan fingerprint density at radius 2 is 1.52 bits per heavy atom. The Labute approximate surface area is 146 Å². The van der Waals surface area contributed by atoms with E-state index in [1.54, 1.807) is 16.4 Å². The standard InChI is InChI=1S/C18H18N2O4S/c1-14(24-25(21,22)23)20-18(16-11-7-4-8-12-16)13-17(19(20)2)15-9-5-3-6-10-15/h3-14H,1-2H3. The minimum absolute atomic E-state index is 0.748. The molecule has 2 aromatic carbocycles. The second-order valence-corrected chi connectivity index (χ2v) is 6.63. The van der Waals surface area contributed by atoms with Crippen molar-refractivity contribution in [1.29, 1.82) is 0 Å². The molecule has 0 aliphatic rings. The zero-order valence-corrected chi connectivity index (χ0v) is 14.7. The highest BCUT2D eigenvalue weighted by molar-refractivity contribution is 7.80. The summed E-state index contributed by atoms with van der Waals surface area (Å²) in [5.41, 5.74) is 3.48. The molecule has 0 bridgehead atoms. The summed E-state index contributed by atoms with van der Waals surface area (Å²) in [4.78, 5) is 0. The largest absolute Gasteiger partial charge is 0.725 e. The van der Waals surface area contributed by atoms with Gasteiger partial charge in [0.15, 0.2) is 7.05 Å². The SMILES string of the molecule is CC(OS(=O)(=O)[O-])n1c(-c2ccccc2)cc(-c2ccccc2)[n+]1C. The van der Waals surface area contributed by atoms with Gasteiger partial charge in [-0.1, -0.05) is 48.5 Å². The van der Waals surface area contributed by atoms with Crippen LogP contribution >= 0.6 is 0 Å². The van der Waals surface area contributed by atoms with Crippen molar-refractivity contribution in [2.24, 2.45) is 7.05 Å². The first-order chi connectivity index (χ1) is 11.9. The molecule has 1 aromatic heterocycles. The van der Waals surface area contributed by atoms with Gasteiger partial charge < -0.3 is 4.55 Å². The number of benzene rings is 2. The minimum Gasteiger partial charge on any atom is -0.725 e. The lowest BCUT2D eigenvalue weighted by molar-refractivity contribution is -0.748. The van der Waals surface area contributed by atoms with E-state index in [0.717, 1.165) is 22.5 Å². The molecule has 0 saturated heterocycles. The van der Waals surface area contributed by atoms with Gasteiger partial charge in [-0.15, -0.1) is 9.36 Å². The molecule has 7 heteroatoms. The lowest BCUT2D eigenvalue weighted by Gasteiger charge is -2.16. The molecule has 6 nitrogen and oxygen atoms in total. The molecule has 0 fully saturated rings. The van der Waals surface area contributed by atoms with E-state index in [4.69, 9.17) is 0 Å². The van der Waals surface area contributed by atoms with Crippen LogP contribution in [0.25, 0.3) is 22.5 Å². The van der Waals surface area contributed by atoms with Gasteiger partial charge in [-0.05, 0) is 19.1 Å². The summed E-state index contributed by atoms with van der Waals surface area (Å²) >= 11 is 0. The van der Waals surface area contributed by atoms with Crippen molar-refractivity contribution >= 4 is 10.4 Å². The van der Waals surface area contributed by atoms with Gasteiger partial charge in [0, 0.05) is 17.2 Å². The van der Waals surface area contributed by atoms with E-state index >= 15 is 0 Å². The van der Waals surface area contributed by atoms with Crippen LogP contribution in [-0.2, 0) is 21.6 Å². The first-order valence-electron chi connectivity index (χ1n) is 7.73. The van der Waals surface area contributed by atoms with Crippen LogP contribution < -0.4 is 4.68 Å². The van der Waals surface area contributed by atoms with Crippen molar-refractivity contribution < 1.29 is 21.8 Å². The van der Waals surface area contributed by atoms with Gasteiger partial charge in [0.05, 0.1) is 0 Å². The summed E-state index contributed by atoms with van der Waals surface area (Å²) in [5.74, 6) is 0. The van der Waals surface area contributed by atoms with Crippen LogP contribution in [0.4, 0.5) is 0 Å². The van der Waals surface area contributed by atoms with E-state index < -0.39 is 16.6 Å². The van der Waals surface area contributed by atoms with Gasteiger partial charge in [-0.2, -0.15) is 0 Å². The fourth-order valence-corrected chi connectivity index (χ4v) is 3.34. The van der Waals surface area contributed by atoms with Crippen LogP contribution in [0.15, 0.2) is 66.7 Å². The number of hydrogen-bond donors (Lipinski definition) is 0. The van der Waals surface area contributed by atoms with E-state index in [-0.39, 0.29) is 0 Å². The van der Waals surface area contributed by atoms with Crippen LogP contribution in [0, 0.1) is 0 Å². The molecule has 130 valence electrons. The maximum Gasteiger partial charge on any atom is 0.239 e. The van der Waals surface area contributed by atoms with E-state index in [1.165, 1.54) is 6.92 Å². The van der Waals surface area contributed by atoms with Crippen molar-refractivity contribution in [1.82, 2.24) is 4.68 Å². The van der Waals surface area contributed by atoms with Crippen molar-refractivity contribution in [2.45, 2.75) is 13.2 Å². The molecular weight excluding hydrogens is 340 g/mol. The Kier molecular flexibility index (Phi) is 4.71. The van der Waals surface area contributed by atoms with Crippen LogP contribution in [0.2, 0.25) is 0 Å². The van der Waals surface area contributed by atoms with Crippen molar-refractivity contribution in [3.8, 4) is 22.5 Å².